The number of hydrogen-bond acceptors (Lipinski definition) is 1. The fourth-order valence-corrected chi connectivity index (χ4v) is 4.33. The van der Waals surface area contributed by atoms with Gasteiger partial charge in [-0.3, -0.25) is 4.79 Å². The molecule has 2 aromatic carbocycles. The summed E-state index contributed by atoms with van der Waals surface area (Å²) < 4.78 is 4.41. The molecule has 5 heteroatoms. The minimum atomic E-state index is 0.00279. The van der Waals surface area contributed by atoms with Crippen molar-refractivity contribution in [1.82, 2.24) is 4.57 Å². The highest BCUT2D eigenvalue weighted by molar-refractivity contribution is 6.30. The Bertz CT molecular complexity index is 1030. The van der Waals surface area contributed by atoms with E-state index in [1.165, 1.54) is 11.4 Å². The lowest BCUT2D eigenvalue weighted by Gasteiger charge is -2.12. The van der Waals surface area contributed by atoms with Crippen LogP contribution >= 0.6 is 11.6 Å². The molecule has 28 heavy (non-hydrogen) atoms. The summed E-state index contributed by atoms with van der Waals surface area (Å²) in [6.45, 7) is 7.45. The molecule has 1 aliphatic rings. The first kappa shape index (κ1) is 18.8. The van der Waals surface area contributed by atoms with E-state index in [1.807, 2.05) is 38.1 Å². The zero-order valence-corrected chi connectivity index (χ0v) is 17.3. The topological polar surface area (TPSA) is 37.9 Å². The first-order valence-corrected chi connectivity index (χ1v) is 10.1. The number of anilines is 1. The van der Waals surface area contributed by atoms with Crippen molar-refractivity contribution in [1.29, 1.82) is 0 Å². The molecular weight excluding hydrogens is 370 g/mol. The minimum absolute atomic E-state index is 0.00279. The molecule has 1 amide bonds. The van der Waals surface area contributed by atoms with Crippen LogP contribution in [-0.2, 0) is 24.3 Å². The van der Waals surface area contributed by atoms with Gasteiger partial charge in [0.2, 0.25) is 0 Å². The first-order valence-electron chi connectivity index (χ1n) is 9.68. The van der Waals surface area contributed by atoms with Crippen molar-refractivity contribution >= 4 is 23.2 Å². The molecule has 2 heterocycles. The van der Waals surface area contributed by atoms with Crippen molar-refractivity contribution in [3.05, 3.63) is 70.1 Å². The second kappa shape index (κ2) is 7.44. The SMILES string of the molecule is Cc1cc(C)c(NC(=O)C[n+]2cc(-c3ccc(Cl)cc3)n3c2CCC3)c(C)c1. The molecule has 1 N–H and O–H groups in total. The Hall–Kier alpha value is -2.59. The number of carbonyl (C=O) groups excluding carboxylic acids is 1. The number of rotatable bonds is 4. The summed E-state index contributed by atoms with van der Waals surface area (Å²) in [6.07, 6.45) is 4.18. The Labute approximate surface area is 170 Å². The second-order valence-electron chi connectivity index (χ2n) is 7.64. The van der Waals surface area contributed by atoms with E-state index in [1.54, 1.807) is 0 Å². The average Bonchev–Trinajstić information content (AvgIpc) is 3.23. The van der Waals surface area contributed by atoms with Crippen LogP contribution in [0.4, 0.5) is 5.69 Å². The smallest absolute Gasteiger partial charge is 0.266 e. The van der Waals surface area contributed by atoms with Gasteiger partial charge >= 0.3 is 0 Å². The Morgan fingerprint density at radius 2 is 1.82 bits per heavy atom. The molecule has 4 nitrogen and oxygen atoms in total. The quantitative estimate of drug-likeness (QED) is 0.645. The number of hydrogen-bond donors (Lipinski definition) is 1. The number of benzene rings is 2. The fraction of sp³-hybridized carbons (Fsp3) is 0.304. The predicted molar refractivity (Wildman–Crippen MR) is 113 cm³/mol. The third-order valence-electron chi connectivity index (χ3n) is 5.39. The molecule has 0 radical (unpaired) electrons. The van der Waals surface area contributed by atoms with Crippen LogP contribution in [0.25, 0.3) is 11.3 Å². The van der Waals surface area contributed by atoms with E-state index in [0.717, 1.165) is 52.5 Å². The van der Waals surface area contributed by atoms with Crippen LogP contribution in [0.5, 0.6) is 0 Å². The molecule has 1 aliphatic heterocycles. The largest absolute Gasteiger partial charge is 0.322 e. The third-order valence-corrected chi connectivity index (χ3v) is 5.64. The number of aryl methyl sites for hydroxylation is 3. The molecular formula is C23H25ClN3O+. The summed E-state index contributed by atoms with van der Waals surface area (Å²) in [5.74, 6) is 1.21. The molecule has 4 rings (SSSR count). The van der Waals surface area contributed by atoms with Crippen LogP contribution in [0.15, 0.2) is 42.6 Å². The van der Waals surface area contributed by atoms with E-state index in [2.05, 4.69) is 39.7 Å². The number of amides is 1. The van der Waals surface area contributed by atoms with Gasteiger partial charge < -0.3 is 5.32 Å². The highest BCUT2D eigenvalue weighted by atomic mass is 35.5. The molecule has 0 fully saturated rings. The zero-order valence-electron chi connectivity index (χ0n) is 16.6. The van der Waals surface area contributed by atoms with Gasteiger partial charge in [-0.2, -0.15) is 0 Å². The molecule has 1 aromatic heterocycles. The van der Waals surface area contributed by atoms with Crippen molar-refractivity contribution < 1.29 is 9.36 Å². The van der Waals surface area contributed by atoms with Crippen LogP contribution in [-0.4, -0.2) is 10.5 Å². The van der Waals surface area contributed by atoms with Gasteiger partial charge in [-0.25, -0.2) is 9.13 Å². The second-order valence-corrected chi connectivity index (χ2v) is 8.08. The van der Waals surface area contributed by atoms with Crippen LogP contribution in [0.1, 0.15) is 28.9 Å². The molecule has 3 aromatic rings. The van der Waals surface area contributed by atoms with Gasteiger partial charge in [0.25, 0.3) is 11.7 Å². The summed E-state index contributed by atoms with van der Waals surface area (Å²) in [6, 6.07) is 12.1. The van der Waals surface area contributed by atoms with Gasteiger partial charge in [-0.05, 0) is 62.6 Å². The highest BCUT2D eigenvalue weighted by Gasteiger charge is 2.29. The Kier molecular flexibility index (Phi) is 4.98. The average molecular weight is 395 g/mol. The van der Waals surface area contributed by atoms with Crippen LogP contribution in [0, 0.1) is 20.8 Å². The number of fused-ring (bicyclic) bond motifs is 1. The van der Waals surface area contributed by atoms with E-state index in [0.29, 0.717) is 6.54 Å². The summed E-state index contributed by atoms with van der Waals surface area (Å²) >= 11 is 6.04. The number of nitrogens with zero attached hydrogens (tertiary/aromatic N) is 2. The number of halogens is 1. The summed E-state index contributed by atoms with van der Waals surface area (Å²) in [5, 5.41) is 3.85. The van der Waals surface area contributed by atoms with Crippen LogP contribution in [0.3, 0.4) is 0 Å². The summed E-state index contributed by atoms with van der Waals surface area (Å²) in [7, 11) is 0. The molecule has 0 saturated carbocycles. The van der Waals surface area contributed by atoms with Gasteiger partial charge in [-0.15, -0.1) is 0 Å². The van der Waals surface area contributed by atoms with Gasteiger partial charge in [0.05, 0.1) is 13.0 Å². The Balaban J connectivity index is 1.60. The molecule has 0 bridgehead atoms. The highest BCUT2D eigenvalue weighted by Crippen LogP contribution is 2.26. The number of aromatic nitrogens is 2. The monoisotopic (exact) mass is 394 g/mol. The van der Waals surface area contributed by atoms with Crippen molar-refractivity contribution in [3.63, 3.8) is 0 Å². The zero-order chi connectivity index (χ0) is 19.8. The van der Waals surface area contributed by atoms with Crippen molar-refractivity contribution in [2.75, 3.05) is 5.32 Å². The molecule has 0 saturated heterocycles. The maximum absolute atomic E-state index is 12.8. The van der Waals surface area contributed by atoms with Gasteiger partial charge in [-0.1, -0.05) is 29.3 Å². The first-order chi connectivity index (χ1) is 13.4. The molecule has 0 spiro atoms. The summed E-state index contributed by atoms with van der Waals surface area (Å²) in [4.78, 5) is 12.8. The lowest BCUT2D eigenvalue weighted by molar-refractivity contribution is -0.690. The standard InChI is InChI=1S/C23H24ClN3O/c1-15-11-16(2)23(17(3)12-15)25-21(28)14-26-13-20(27-10-4-5-22(26)27)18-6-8-19(24)9-7-18/h6-9,11-13H,4-5,10,14H2,1-3H3/p+1. The van der Waals surface area contributed by atoms with E-state index >= 15 is 0 Å². The number of nitrogens with one attached hydrogen (secondary N) is 1. The molecule has 0 aliphatic carbocycles. The number of imidazole rings is 1. The van der Waals surface area contributed by atoms with E-state index in [-0.39, 0.29) is 5.91 Å². The van der Waals surface area contributed by atoms with Gasteiger partial charge in [0.15, 0.2) is 12.2 Å². The van der Waals surface area contributed by atoms with Crippen molar-refractivity contribution in [3.8, 4) is 11.3 Å². The molecule has 0 unspecified atom stereocenters. The van der Waals surface area contributed by atoms with Crippen LogP contribution in [0.2, 0.25) is 5.02 Å². The van der Waals surface area contributed by atoms with Crippen molar-refractivity contribution in [2.24, 2.45) is 0 Å². The van der Waals surface area contributed by atoms with E-state index in [4.69, 9.17) is 11.6 Å². The fourth-order valence-electron chi connectivity index (χ4n) is 4.21. The lowest BCUT2D eigenvalue weighted by atomic mass is 10.1. The normalized spacial score (nSPS) is 12.9. The molecule has 144 valence electrons. The van der Waals surface area contributed by atoms with Crippen LogP contribution < -0.4 is 9.88 Å². The Morgan fingerprint density at radius 1 is 1.14 bits per heavy atom. The minimum Gasteiger partial charge on any atom is -0.322 e. The van der Waals surface area contributed by atoms with E-state index in [9.17, 15) is 4.79 Å². The Morgan fingerprint density at radius 3 is 2.50 bits per heavy atom. The molecule has 0 atom stereocenters. The van der Waals surface area contributed by atoms with Gasteiger partial charge in [0, 0.05) is 16.3 Å². The van der Waals surface area contributed by atoms with Gasteiger partial charge in [0.1, 0.15) is 6.20 Å². The lowest BCUT2D eigenvalue weighted by Crippen LogP contribution is -2.42. The van der Waals surface area contributed by atoms with E-state index < -0.39 is 0 Å². The number of carbonyl (C=O) groups is 1. The summed E-state index contributed by atoms with van der Waals surface area (Å²) in [5.41, 5.74) is 6.58. The third kappa shape index (κ3) is 3.57. The predicted octanol–water partition coefficient (Wildman–Crippen LogP) is 4.61. The maximum Gasteiger partial charge on any atom is 0.266 e. The maximum atomic E-state index is 12.8. The van der Waals surface area contributed by atoms with Crippen molar-refractivity contribution in [2.45, 2.75) is 46.7 Å².